The van der Waals surface area contributed by atoms with Gasteiger partial charge in [-0.2, -0.15) is 5.10 Å². The molecule has 0 bridgehead atoms. The minimum absolute atomic E-state index is 0.0891. The zero-order valence-corrected chi connectivity index (χ0v) is 12.9. The molecule has 1 aromatic rings. The maximum absolute atomic E-state index is 12.2. The topological polar surface area (TPSA) is 112 Å². The molecule has 1 atom stereocenters. The van der Waals surface area contributed by atoms with Gasteiger partial charge in [-0.05, 0) is 26.2 Å². The Bertz CT molecular complexity index is 558. The number of carboxylic acids is 1. The second kappa shape index (κ2) is 6.36. The normalized spacial score (nSPS) is 13.7. The van der Waals surface area contributed by atoms with Gasteiger partial charge >= 0.3 is 5.97 Å². The molecule has 8 heteroatoms. The van der Waals surface area contributed by atoms with E-state index in [-0.39, 0.29) is 17.4 Å². The molecule has 0 aliphatic heterocycles. The molecule has 0 aliphatic rings. The van der Waals surface area contributed by atoms with Gasteiger partial charge in [0.1, 0.15) is 4.90 Å². The first-order chi connectivity index (χ1) is 9.15. The molecule has 1 aromatic heterocycles. The lowest BCUT2D eigenvalue weighted by Gasteiger charge is -2.15. The van der Waals surface area contributed by atoms with Crippen molar-refractivity contribution in [2.75, 3.05) is 6.54 Å². The van der Waals surface area contributed by atoms with Crippen LogP contribution in [0.2, 0.25) is 0 Å². The number of aromatic nitrogens is 2. The molecular formula is C12H21N3O4S. The number of sulfonamides is 1. The van der Waals surface area contributed by atoms with E-state index in [9.17, 15) is 13.2 Å². The molecule has 3 N–H and O–H groups in total. The van der Waals surface area contributed by atoms with E-state index in [1.165, 1.54) is 0 Å². The second-order valence-corrected chi connectivity index (χ2v) is 6.98. The van der Waals surface area contributed by atoms with E-state index in [2.05, 4.69) is 14.9 Å². The van der Waals surface area contributed by atoms with Crippen LogP contribution in [0.4, 0.5) is 0 Å². The van der Waals surface area contributed by atoms with E-state index in [1.807, 2.05) is 13.8 Å². The quantitative estimate of drug-likeness (QED) is 0.697. The average Bonchev–Trinajstić information content (AvgIpc) is 2.64. The number of rotatable bonds is 7. The van der Waals surface area contributed by atoms with Gasteiger partial charge in [0, 0.05) is 6.54 Å². The Hall–Kier alpha value is -1.41. The van der Waals surface area contributed by atoms with Crippen LogP contribution in [0.5, 0.6) is 0 Å². The maximum atomic E-state index is 12.2. The maximum Gasteiger partial charge on any atom is 0.307 e. The summed E-state index contributed by atoms with van der Waals surface area (Å²) < 4.78 is 26.7. The highest BCUT2D eigenvalue weighted by molar-refractivity contribution is 7.89. The Morgan fingerprint density at radius 3 is 2.40 bits per heavy atom. The first kappa shape index (κ1) is 16.6. The van der Waals surface area contributed by atoms with Crippen molar-refractivity contribution in [2.45, 2.75) is 39.0 Å². The highest BCUT2D eigenvalue weighted by Gasteiger charge is 2.26. The summed E-state index contributed by atoms with van der Waals surface area (Å²) in [5, 5.41) is 15.5. The molecule has 1 unspecified atom stereocenters. The summed E-state index contributed by atoms with van der Waals surface area (Å²) in [5.41, 5.74) is 0.802. The van der Waals surface area contributed by atoms with Crippen LogP contribution in [0, 0.1) is 25.7 Å². The van der Waals surface area contributed by atoms with Crippen LogP contribution in [-0.4, -0.2) is 36.2 Å². The minimum atomic E-state index is -3.75. The van der Waals surface area contributed by atoms with Crippen molar-refractivity contribution >= 4 is 16.0 Å². The summed E-state index contributed by atoms with van der Waals surface area (Å²) in [6.07, 6.45) is 0.418. The predicted molar refractivity (Wildman–Crippen MR) is 73.8 cm³/mol. The lowest BCUT2D eigenvalue weighted by atomic mass is 9.98. The molecule has 0 amide bonds. The fourth-order valence-electron chi connectivity index (χ4n) is 2.06. The largest absolute Gasteiger partial charge is 0.481 e. The standard InChI is InChI=1S/C12H21N3O4S/c1-7(2)5-10(12(16)17)6-13-20(18,19)11-8(3)14-15-9(11)4/h7,10,13H,5-6H2,1-4H3,(H,14,15)(H,16,17). The fraction of sp³-hybridized carbons (Fsp3) is 0.667. The molecule has 0 aromatic carbocycles. The number of nitrogens with zero attached hydrogens (tertiary/aromatic N) is 1. The molecule has 0 saturated carbocycles. The summed E-state index contributed by atoms with van der Waals surface area (Å²) in [7, 11) is -3.75. The summed E-state index contributed by atoms with van der Waals surface area (Å²) >= 11 is 0. The Morgan fingerprint density at radius 1 is 1.40 bits per heavy atom. The average molecular weight is 303 g/mol. The van der Waals surface area contributed by atoms with Crippen molar-refractivity contribution < 1.29 is 18.3 Å². The number of carboxylic acid groups (broad SMARTS) is 1. The third-order valence-corrected chi connectivity index (χ3v) is 4.64. The molecule has 0 fully saturated rings. The molecular weight excluding hydrogens is 282 g/mol. The van der Waals surface area contributed by atoms with Crippen molar-refractivity contribution in [1.29, 1.82) is 0 Å². The van der Waals surface area contributed by atoms with Crippen molar-refractivity contribution in [3.05, 3.63) is 11.4 Å². The summed E-state index contributed by atoms with van der Waals surface area (Å²) in [6.45, 7) is 6.86. The van der Waals surface area contributed by atoms with Gasteiger partial charge in [-0.3, -0.25) is 9.89 Å². The number of H-pyrrole nitrogens is 1. The second-order valence-electron chi connectivity index (χ2n) is 5.28. The highest BCUT2D eigenvalue weighted by atomic mass is 32.2. The highest BCUT2D eigenvalue weighted by Crippen LogP contribution is 2.17. The van der Waals surface area contributed by atoms with E-state index in [1.54, 1.807) is 13.8 Å². The minimum Gasteiger partial charge on any atom is -0.481 e. The van der Waals surface area contributed by atoms with Gasteiger partial charge in [0.15, 0.2) is 0 Å². The summed E-state index contributed by atoms with van der Waals surface area (Å²) in [6, 6.07) is 0. The van der Waals surface area contributed by atoms with Gasteiger partial charge < -0.3 is 5.11 Å². The Labute approximate surface area is 118 Å². The number of hydrogen-bond acceptors (Lipinski definition) is 4. The van der Waals surface area contributed by atoms with Crippen LogP contribution < -0.4 is 4.72 Å². The van der Waals surface area contributed by atoms with Gasteiger partial charge in [-0.25, -0.2) is 13.1 Å². The molecule has 20 heavy (non-hydrogen) atoms. The number of carbonyl (C=O) groups is 1. The van der Waals surface area contributed by atoms with Crippen LogP contribution in [0.3, 0.4) is 0 Å². The Balaban J connectivity index is 2.84. The summed E-state index contributed by atoms with van der Waals surface area (Å²) in [4.78, 5) is 11.2. The molecule has 7 nitrogen and oxygen atoms in total. The predicted octanol–water partition coefficient (Wildman–Crippen LogP) is 1.05. The lowest BCUT2D eigenvalue weighted by Crippen LogP contribution is -2.34. The van der Waals surface area contributed by atoms with Crippen LogP contribution in [0.1, 0.15) is 31.7 Å². The first-order valence-electron chi connectivity index (χ1n) is 6.39. The van der Waals surface area contributed by atoms with E-state index in [0.29, 0.717) is 17.8 Å². The van der Waals surface area contributed by atoms with E-state index in [4.69, 9.17) is 5.11 Å². The SMILES string of the molecule is Cc1n[nH]c(C)c1S(=O)(=O)NCC(CC(C)C)C(=O)O. The summed E-state index contributed by atoms with van der Waals surface area (Å²) in [5.74, 6) is -1.56. The van der Waals surface area contributed by atoms with Crippen LogP contribution in [0.25, 0.3) is 0 Å². The third-order valence-electron chi connectivity index (χ3n) is 2.95. The Morgan fingerprint density at radius 2 is 2.00 bits per heavy atom. The van der Waals surface area contributed by atoms with E-state index >= 15 is 0 Å². The van der Waals surface area contributed by atoms with Gasteiger partial charge in [-0.15, -0.1) is 0 Å². The van der Waals surface area contributed by atoms with Crippen molar-refractivity contribution in [1.82, 2.24) is 14.9 Å². The number of nitrogens with one attached hydrogen (secondary N) is 2. The number of aliphatic carboxylic acids is 1. The molecule has 114 valence electrons. The number of aromatic amines is 1. The molecule has 0 spiro atoms. The van der Waals surface area contributed by atoms with Gasteiger partial charge in [0.2, 0.25) is 10.0 Å². The van der Waals surface area contributed by atoms with Crippen molar-refractivity contribution in [2.24, 2.45) is 11.8 Å². The first-order valence-corrected chi connectivity index (χ1v) is 7.87. The third kappa shape index (κ3) is 4.04. The van der Waals surface area contributed by atoms with E-state index in [0.717, 1.165) is 0 Å². The van der Waals surface area contributed by atoms with Gasteiger partial charge in [-0.1, -0.05) is 13.8 Å². The molecule has 0 saturated heterocycles. The van der Waals surface area contributed by atoms with Gasteiger partial charge in [0.05, 0.1) is 17.3 Å². The lowest BCUT2D eigenvalue weighted by molar-refractivity contribution is -0.142. The Kier molecular flexibility index (Phi) is 5.29. The van der Waals surface area contributed by atoms with Crippen molar-refractivity contribution in [3.8, 4) is 0 Å². The molecule has 0 radical (unpaired) electrons. The van der Waals surface area contributed by atoms with Gasteiger partial charge in [0.25, 0.3) is 0 Å². The van der Waals surface area contributed by atoms with E-state index < -0.39 is 21.9 Å². The number of aryl methyl sites for hydroxylation is 2. The number of hydrogen-bond donors (Lipinski definition) is 3. The zero-order valence-electron chi connectivity index (χ0n) is 12.1. The monoisotopic (exact) mass is 303 g/mol. The molecule has 0 aliphatic carbocycles. The van der Waals surface area contributed by atoms with Crippen molar-refractivity contribution in [3.63, 3.8) is 0 Å². The van der Waals surface area contributed by atoms with Crippen LogP contribution in [-0.2, 0) is 14.8 Å². The molecule has 1 rings (SSSR count). The zero-order chi connectivity index (χ0) is 15.5. The van der Waals surface area contributed by atoms with Crippen LogP contribution >= 0.6 is 0 Å². The fourth-order valence-corrected chi connectivity index (χ4v) is 3.51. The molecule has 1 heterocycles. The smallest absolute Gasteiger partial charge is 0.307 e. The van der Waals surface area contributed by atoms with Crippen LogP contribution in [0.15, 0.2) is 4.90 Å².